The second kappa shape index (κ2) is 8.72. The SMILES string of the molecule is CCC12CCC(C(C)N(C)C(=O)c3ccc(C)[nH]c3=O)C13CCN(CC1CC1)C2Cc1ccc(O)cc13. The zero-order valence-corrected chi connectivity index (χ0v) is 22.7. The monoisotopic (exact) mass is 503 g/mol. The Morgan fingerprint density at radius 3 is 2.70 bits per heavy atom. The molecule has 3 fully saturated rings. The van der Waals surface area contributed by atoms with Crippen LogP contribution in [0.1, 0.15) is 79.6 Å². The molecule has 3 aliphatic carbocycles. The third-order valence-corrected chi connectivity index (χ3v) is 10.9. The van der Waals surface area contributed by atoms with Crippen LogP contribution in [0.25, 0.3) is 0 Å². The number of carbonyl (C=O) groups excluding carboxylic acids is 1. The highest BCUT2D eigenvalue weighted by Gasteiger charge is 2.69. The molecule has 2 N–H and O–H groups in total. The molecule has 1 amide bonds. The van der Waals surface area contributed by atoms with Crippen molar-refractivity contribution >= 4 is 5.91 Å². The Balaban J connectivity index is 1.42. The minimum Gasteiger partial charge on any atom is -0.508 e. The van der Waals surface area contributed by atoms with Crippen LogP contribution in [0.15, 0.2) is 35.1 Å². The number of aromatic hydroxyl groups is 1. The molecule has 198 valence electrons. The lowest BCUT2D eigenvalue weighted by Gasteiger charge is -2.64. The fraction of sp³-hybridized carbons (Fsp3) is 0.613. The molecular weight excluding hydrogens is 462 g/mol. The van der Waals surface area contributed by atoms with E-state index in [9.17, 15) is 14.7 Å². The van der Waals surface area contributed by atoms with Crippen LogP contribution in [0.4, 0.5) is 0 Å². The van der Waals surface area contributed by atoms with Gasteiger partial charge in [0.15, 0.2) is 0 Å². The van der Waals surface area contributed by atoms with Gasteiger partial charge in [-0.25, -0.2) is 0 Å². The van der Waals surface area contributed by atoms with Crippen LogP contribution >= 0.6 is 0 Å². The Morgan fingerprint density at radius 1 is 1.22 bits per heavy atom. The lowest BCUT2D eigenvalue weighted by Crippen LogP contribution is -2.67. The van der Waals surface area contributed by atoms with E-state index in [-0.39, 0.29) is 39.8 Å². The van der Waals surface area contributed by atoms with Crippen LogP contribution < -0.4 is 5.56 Å². The molecule has 2 saturated carbocycles. The molecule has 0 radical (unpaired) electrons. The van der Waals surface area contributed by atoms with Crippen molar-refractivity contribution in [3.63, 3.8) is 0 Å². The summed E-state index contributed by atoms with van der Waals surface area (Å²) in [4.78, 5) is 33.6. The molecule has 1 aromatic carbocycles. The summed E-state index contributed by atoms with van der Waals surface area (Å²) >= 11 is 0. The summed E-state index contributed by atoms with van der Waals surface area (Å²) in [5, 5.41) is 10.6. The number of nitrogens with one attached hydrogen (secondary N) is 1. The largest absolute Gasteiger partial charge is 0.508 e. The van der Waals surface area contributed by atoms with Gasteiger partial charge in [0.05, 0.1) is 0 Å². The predicted octanol–water partition coefficient (Wildman–Crippen LogP) is 4.63. The third-order valence-electron chi connectivity index (χ3n) is 10.9. The fourth-order valence-corrected chi connectivity index (χ4v) is 8.89. The number of pyridine rings is 1. The Hall–Kier alpha value is -2.60. The van der Waals surface area contributed by atoms with Gasteiger partial charge in [0.25, 0.3) is 11.5 Å². The molecule has 1 aromatic heterocycles. The van der Waals surface area contributed by atoms with Crippen LogP contribution in [-0.4, -0.2) is 58.0 Å². The van der Waals surface area contributed by atoms with Gasteiger partial charge in [0, 0.05) is 36.8 Å². The summed E-state index contributed by atoms with van der Waals surface area (Å²) in [7, 11) is 1.86. The van der Waals surface area contributed by atoms with Crippen molar-refractivity contribution in [3.8, 4) is 5.75 Å². The van der Waals surface area contributed by atoms with Crippen LogP contribution in [0.3, 0.4) is 0 Å². The maximum absolute atomic E-state index is 13.6. The van der Waals surface area contributed by atoms with Gasteiger partial charge in [-0.3, -0.25) is 14.5 Å². The summed E-state index contributed by atoms with van der Waals surface area (Å²) in [6.45, 7) is 8.66. The van der Waals surface area contributed by atoms with Gasteiger partial charge in [-0.05, 0) is 118 Å². The van der Waals surface area contributed by atoms with Gasteiger partial charge in [-0.15, -0.1) is 0 Å². The summed E-state index contributed by atoms with van der Waals surface area (Å²) < 4.78 is 0. The van der Waals surface area contributed by atoms with Gasteiger partial charge < -0.3 is 15.0 Å². The van der Waals surface area contributed by atoms with Crippen molar-refractivity contribution in [1.82, 2.24) is 14.8 Å². The van der Waals surface area contributed by atoms with Gasteiger partial charge in [-0.2, -0.15) is 0 Å². The van der Waals surface area contributed by atoms with Crippen LogP contribution in [0.5, 0.6) is 5.75 Å². The zero-order chi connectivity index (χ0) is 26.1. The number of fused-ring (bicyclic) bond motifs is 1. The molecular formula is C31H41N3O3. The number of H-pyrrole nitrogens is 1. The maximum atomic E-state index is 13.6. The van der Waals surface area contributed by atoms with Crippen molar-refractivity contribution in [2.45, 2.75) is 83.2 Å². The van der Waals surface area contributed by atoms with E-state index in [1.807, 2.05) is 31.0 Å². The molecule has 6 heteroatoms. The topological polar surface area (TPSA) is 76.6 Å². The normalized spacial score (nSPS) is 31.5. The first-order valence-electron chi connectivity index (χ1n) is 14.3. The first-order valence-corrected chi connectivity index (χ1v) is 14.3. The molecule has 5 unspecified atom stereocenters. The number of aromatic amines is 1. The summed E-state index contributed by atoms with van der Waals surface area (Å²) in [6.07, 6.45) is 8.14. The lowest BCUT2D eigenvalue weighted by molar-refractivity contribution is -0.0760. The molecule has 1 saturated heterocycles. The lowest BCUT2D eigenvalue weighted by atomic mass is 9.46. The Kier molecular flexibility index (Phi) is 5.83. The number of phenols is 1. The molecule has 2 aromatic rings. The number of rotatable bonds is 6. The van der Waals surface area contributed by atoms with Crippen molar-refractivity contribution in [3.05, 3.63) is 63.1 Å². The average molecular weight is 504 g/mol. The third kappa shape index (κ3) is 3.54. The molecule has 5 atom stereocenters. The second-order valence-corrected chi connectivity index (χ2v) is 12.4. The molecule has 2 bridgehead atoms. The van der Waals surface area contributed by atoms with Crippen molar-refractivity contribution in [1.29, 1.82) is 0 Å². The first kappa shape index (κ1) is 24.7. The maximum Gasteiger partial charge on any atom is 0.260 e. The number of phenolic OH excluding ortho intramolecular Hbond substituents is 1. The molecule has 37 heavy (non-hydrogen) atoms. The van der Waals surface area contributed by atoms with Crippen LogP contribution in [0, 0.1) is 24.2 Å². The Labute approximate surface area is 220 Å². The average Bonchev–Trinajstić information content (AvgIpc) is 3.62. The highest BCUT2D eigenvalue weighted by atomic mass is 16.3. The number of carbonyl (C=O) groups is 1. The summed E-state index contributed by atoms with van der Waals surface area (Å²) in [5.74, 6) is 1.24. The highest BCUT2D eigenvalue weighted by molar-refractivity contribution is 5.93. The Bertz CT molecular complexity index is 1280. The minimum atomic E-state index is -0.321. The van der Waals surface area contributed by atoms with Gasteiger partial charge in [0.2, 0.25) is 0 Å². The number of piperidine rings is 1. The fourth-order valence-electron chi connectivity index (χ4n) is 8.89. The molecule has 6 rings (SSSR count). The van der Waals surface area contributed by atoms with Crippen molar-refractivity contribution in [2.24, 2.45) is 17.3 Å². The van der Waals surface area contributed by atoms with E-state index in [0.717, 1.165) is 50.3 Å². The van der Waals surface area contributed by atoms with Crippen molar-refractivity contribution in [2.75, 3.05) is 20.1 Å². The van der Waals surface area contributed by atoms with E-state index in [1.54, 1.807) is 12.1 Å². The summed E-state index contributed by atoms with van der Waals surface area (Å²) in [6, 6.07) is 9.97. The highest BCUT2D eigenvalue weighted by Crippen LogP contribution is 2.69. The second-order valence-electron chi connectivity index (χ2n) is 12.4. The van der Waals surface area contributed by atoms with Gasteiger partial charge >= 0.3 is 0 Å². The van der Waals surface area contributed by atoms with Crippen LogP contribution in [-0.2, 0) is 11.8 Å². The number of benzene rings is 1. The summed E-state index contributed by atoms with van der Waals surface area (Å²) in [5.41, 5.74) is 3.36. The molecule has 6 nitrogen and oxygen atoms in total. The molecule has 0 spiro atoms. The molecule has 4 aliphatic rings. The quantitative estimate of drug-likeness (QED) is 0.602. The number of amides is 1. The van der Waals surface area contributed by atoms with E-state index < -0.39 is 0 Å². The van der Waals surface area contributed by atoms with E-state index in [0.29, 0.717) is 11.8 Å². The predicted molar refractivity (Wildman–Crippen MR) is 145 cm³/mol. The number of hydrogen-bond donors (Lipinski definition) is 2. The van der Waals surface area contributed by atoms with Crippen LogP contribution in [0.2, 0.25) is 0 Å². The van der Waals surface area contributed by atoms with Crippen molar-refractivity contribution < 1.29 is 9.90 Å². The number of hydrogen-bond acceptors (Lipinski definition) is 4. The van der Waals surface area contributed by atoms with E-state index in [4.69, 9.17) is 0 Å². The zero-order valence-electron chi connectivity index (χ0n) is 22.7. The number of aromatic nitrogens is 1. The molecule has 2 heterocycles. The number of nitrogens with zero attached hydrogens (tertiary/aromatic N) is 2. The standard InChI is InChI=1S/C31H41N3O3/c1-5-30-13-12-25(20(3)33(4)29(37)24-11-6-19(2)32-28(24)36)31(30)14-15-34(18-21-7-8-21)27(30)16-22-9-10-23(35)17-26(22)31/h6,9-11,17,20-21,25,27,35H,5,7-8,12-16,18H2,1-4H3,(H,32,36). The first-order chi connectivity index (χ1) is 17.7. The Morgan fingerprint density at radius 2 is 2.00 bits per heavy atom. The van der Waals surface area contributed by atoms with Gasteiger partial charge in [-0.1, -0.05) is 13.0 Å². The van der Waals surface area contributed by atoms with Gasteiger partial charge in [0.1, 0.15) is 11.3 Å². The van der Waals surface area contributed by atoms with E-state index >= 15 is 0 Å². The van der Waals surface area contributed by atoms with E-state index in [2.05, 4.69) is 29.8 Å². The number of aryl methyl sites for hydroxylation is 1. The molecule has 1 aliphatic heterocycles. The number of likely N-dealkylation sites (tertiary alicyclic amines) is 1. The minimum absolute atomic E-state index is 0.0365. The van der Waals surface area contributed by atoms with E-state index in [1.165, 1.54) is 30.5 Å². The smallest absolute Gasteiger partial charge is 0.260 e.